The number of pyridine rings is 1. The Labute approximate surface area is 142 Å². The molecule has 0 unspecified atom stereocenters. The van der Waals surface area contributed by atoms with E-state index in [-0.39, 0.29) is 5.91 Å². The van der Waals surface area contributed by atoms with Crippen molar-refractivity contribution in [2.75, 3.05) is 6.54 Å². The fraction of sp³-hybridized carbons (Fsp3) is 0.118. The normalized spacial score (nSPS) is 11.2. The van der Waals surface area contributed by atoms with Crippen molar-refractivity contribution in [1.82, 2.24) is 24.7 Å². The minimum atomic E-state index is -0.121. The molecule has 2 N–H and O–H groups in total. The van der Waals surface area contributed by atoms with Gasteiger partial charge in [0.2, 0.25) is 0 Å². The van der Waals surface area contributed by atoms with Gasteiger partial charge in [-0.15, -0.1) is 0 Å². The van der Waals surface area contributed by atoms with Gasteiger partial charge in [0.25, 0.3) is 5.91 Å². The number of nitrogens with zero attached hydrogens (tertiary/aromatic N) is 3. The van der Waals surface area contributed by atoms with Crippen molar-refractivity contribution in [3.8, 4) is 0 Å². The minimum Gasteiger partial charge on any atom is -0.352 e. The molecule has 3 aromatic heterocycles. The highest BCUT2D eigenvalue weighted by Crippen LogP contribution is 2.17. The average molecular weight is 340 g/mol. The van der Waals surface area contributed by atoms with Crippen LogP contribution in [0.2, 0.25) is 5.02 Å². The van der Waals surface area contributed by atoms with Crippen molar-refractivity contribution in [3.63, 3.8) is 0 Å². The summed E-state index contributed by atoms with van der Waals surface area (Å²) in [6.07, 6.45) is 5.89. The van der Waals surface area contributed by atoms with E-state index >= 15 is 0 Å². The second-order valence-corrected chi connectivity index (χ2v) is 5.90. The first-order valence-corrected chi connectivity index (χ1v) is 7.92. The van der Waals surface area contributed by atoms with Gasteiger partial charge in [-0.05, 0) is 30.3 Å². The lowest BCUT2D eigenvalue weighted by atomic mass is 10.2. The summed E-state index contributed by atoms with van der Waals surface area (Å²) < 4.78 is 1.82. The SMILES string of the molecule is O=C(NCCc1nc2ccc(Cl)cc2[nH]1)c1ccc2nccn2c1. The number of carbonyl (C=O) groups is 1. The molecule has 0 bridgehead atoms. The van der Waals surface area contributed by atoms with Crippen LogP contribution in [-0.4, -0.2) is 31.8 Å². The van der Waals surface area contributed by atoms with Gasteiger partial charge in [0.05, 0.1) is 16.6 Å². The van der Waals surface area contributed by atoms with Crippen LogP contribution in [0.5, 0.6) is 0 Å². The van der Waals surface area contributed by atoms with Crippen LogP contribution in [-0.2, 0) is 6.42 Å². The van der Waals surface area contributed by atoms with Crippen LogP contribution >= 0.6 is 11.6 Å². The minimum absolute atomic E-state index is 0.121. The molecule has 7 heteroatoms. The van der Waals surface area contributed by atoms with Gasteiger partial charge >= 0.3 is 0 Å². The van der Waals surface area contributed by atoms with Gasteiger partial charge in [-0.2, -0.15) is 0 Å². The Morgan fingerprint density at radius 2 is 2.21 bits per heavy atom. The van der Waals surface area contributed by atoms with E-state index in [4.69, 9.17) is 11.6 Å². The van der Waals surface area contributed by atoms with Crippen molar-refractivity contribution >= 4 is 34.2 Å². The largest absolute Gasteiger partial charge is 0.352 e. The van der Waals surface area contributed by atoms with Gasteiger partial charge in [-0.25, -0.2) is 9.97 Å². The molecule has 1 amide bonds. The Kier molecular flexibility index (Phi) is 3.66. The molecule has 0 aliphatic heterocycles. The van der Waals surface area contributed by atoms with Crippen molar-refractivity contribution in [1.29, 1.82) is 0 Å². The first kappa shape index (κ1) is 14.7. The molecular formula is C17H14ClN5O. The zero-order valence-corrected chi connectivity index (χ0v) is 13.4. The first-order chi connectivity index (χ1) is 11.7. The van der Waals surface area contributed by atoms with E-state index in [0.29, 0.717) is 23.6 Å². The maximum Gasteiger partial charge on any atom is 0.252 e. The number of amides is 1. The Hall–Kier alpha value is -2.86. The van der Waals surface area contributed by atoms with E-state index in [9.17, 15) is 4.79 Å². The van der Waals surface area contributed by atoms with E-state index in [0.717, 1.165) is 22.5 Å². The van der Waals surface area contributed by atoms with Crippen molar-refractivity contribution in [2.24, 2.45) is 0 Å². The van der Waals surface area contributed by atoms with Crippen LogP contribution in [0.4, 0.5) is 0 Å². The van der Waals surface area contributed by atoms with Crippen LogP contribution in [0.1, 0.15) is 16.2 Å². The number of H-pyrrole nitrogens is 1. The van der Waals surface area contributed by atoms with Gasteiger partial charge in [0, 0.05) is 36.6 Å². The lowest BCUT2D eigenvalue weighted by Gasteiger charge is -2.04. The van der Waals surface area contributed by atoms with E-state index in [1.54, 1.807) is 18.5 Å². The molecule has 1 aromatic carbocycles. The smallest absolute Gasteiger partial charge is 0.252 e. The Morgan fingerprint density at radius 1 is 1.29 bits per heavy atom. The number of fused-ring (bicyclic) bond motifs is 2. The summed E-state index contributed by atoms with van der Waals surface area (Å²) >= 11 is 5.96. The number of halogens is 1. The number of aromatic amines is 1. The zero-order chi connectivity index (χ0) is 16.5. The lowest BCUT2D eigenvalue weighted by molar-refractivity contribution is 0.0953. The summed E-state index contributed by atoms with van der Waals surface area (Å²) in [6.45, 7) is 0.494. The number of imidazole rings is 2. The molecule has 3 heterocycles. The summed E-state index contributed by atoms with van der Waals surface area (Å²) in [4.78, 5) is 24.1. The number of carbonyl (C=O) groups excluding carboxylic acids is 1. The number of hydrogen-bond donors (Lipinski definition) is 2. The molecule has 4 rings (SSSR count). The highest BCUT2D eigenvalue weighted by Gasteiger charge is 2.08. The highest BCUT2D eigenvalue weighted by atomic mass is 35.5. The molecule has 0 spiro atoms. The molecule has 0 aliphatic rings. The van der Waals surface area contributed by atoms with Crippen molar-refractivity contribution < 1.29 is 4.79 Å². The second kappa shape index (κ2) is 5.98. The number of benzene rings is 1. The third-order valence-corrected chi connectivity index (χ3v) is 4.03. The monoisotopic (exact) mass is 339 g/mol. The fourth-order valence-electron chi connectivity index (χ4n) is 2.60. The lowest BCUT2D eigenvalue weighted by Crippen LogP contribution is -2.26. The molecule has 6 nitrogen and oxygen atoms in total. The number of aromatic nitrogens is 4. The molecule has 0 fully saturated rings. The molecule has 0 radical (unpaired) electrons. The Bertz CT molecular complexity index is 1040. The van der Waals surface area contributed by atoms with Gasteiger partial charge in [0.1, 0.15) is 11.5 Å². The van der Waals surface area contributed by atoms with Crippen LogP contribution in [0.25, 0.3) is 16.7 Å². The van der Waals surface area contributed by atoms with Gasteiger partial charge in [-0.1, -0.05) is 11.6 Å². The molecule has 24 heavy (non-hydrogen) atoms. The van der Waals surface area contributed by atoms with E-state index in [2.05, 4.69) is 20.3 Å². The summed E-state index contributed by atoms with van der Waals surface area (Å²) in [5.74, 6) is 0.697. The van der Waals surface area contributed by atoms with Crippen molar-refractivity contribution in [3.05, 3.63) is 65.3 Å². The van der Waals surface area contributed by atoms with Crippen molar-refractivity contribution in [2.45, 2.75) is 6.42 Å². The summed E-state index contributed by atoms with van der Waals surface area (Å²) in [6, 6.07) is 9.10. The molecule has 0 aliphatic carbocycles. The predicted molar refractivity (Wildman–Crippen MR) is 92.3 cm³/mol. The third-order valence-electron chi connectivity index (χ3n) is 3.79. The van der Waals surface area contributed by atoms with Gasteiger partial charge in [-0.3, -0.25) is 4.79 Å². The van der Waals surface area contributed by atoms with Crippen LogP contribution in [0, 0.1) is 0 Å². The first-order valence-electron chi connectivity index (χ1n) is 7.54. The molecule has 4 aromatic rings. The van der Waals surface area contributed by atoms with Gasteiger partial charge < -0.3 is 14.7 Å². The molecule has 0 atom stereocenters. The van der Waals surface area contributed by atoms with Gasteiger partial charge in [0.15, 0.2) is 0 Å². The second-order valence-electron chi connectivity index (χ2n) is 5.46. The quantitative estimate of drug-likeness (QED) is 0.600. The third kappa shape index (κ3) is 2.83. The summed E-state index contributed by atoms with van der Waals surface area (Å²) in [7, 11) is 0. The number of nitrogens with one attached hydrogen (secondary N) is 2. The van der Waals surface area contributed by atoms with E-state index in [1.165, 1.54) is 0 Å². The van der Waals surface area contributed by atoms with E-state index in [1.807, 2.05) is 34.9 Å². The highest BCUT2D eigenvalue weighted by molar-refractivity contribution is 6.31. The average Bonchev–Trinajstić information content (AvgIpc) is 3.19. The maximum absolute atomic E-state index is 12.2. The molecular weight excluding hydrogens is 326 g/mol. The van der Waals surface area contributed by atoms with Crippen LogP contribution in [0.15, 0.2) is 48.9 Å². The molecule has 0 saturated carbocycles. The number of rotatable bonds is 4. The standard InChI is InChI=1S/C17H14ClN5O/c18-12-2-3-13-14(9-12)22-15(21-13)5-6-20-17(24)11-1-4-16-19-7-8-23(16)10-11/h1-4,7-10H,5-6H2,(H,20,24)(H,21,22). The maximum atomic E-state index is 12.2. The van der Waals surface area contributed by atoms with E-state index < -0.39 is 0 Å². The van der Waals surface area contributed by atoms with Crippen LogP contribution in [0.3, 0.4) is 0 Å². The molecule has 120 valence electrons. The predicted octanol–water partition coefficient (Wildman–Crippen LogP) is 2.84. The fourth-order valence-corrected chi connectivity index (χ4v) is 2.78. The summed E-state index contributed by atoms with van der Waals surface area (Å²) in [5.41, 5.74) is 3.17. The molecule has 0 saturated heterocycles. The Balaban J connectivity index is 1.41. The Morgan fingerprint density at radius 3 is 3.12 bits per heavy atom. The zero-order valence-electron chi connectivity index (χ0n) is 12.7. The number of hydrogen-bond acceptors (Lipinski definition) is 3. The summed E-state index contributed by atoms with van der Waals surface area (Å²) in [5, 5.41) is 3.57. The van der Waals surface area contributed by atoms with Crippen LogP contribution < -0.4 is 5.32 Å². The topological polar surface area (TPSA) is 75.1 Å².